The van der Waals surface area contributed by atoms with Crippen LogP contribution in [0.25, 0.3) is 21.9 Å². The lowest BCUT2D eigenvalue weighted by Crippen LogP contribution is -2.21. The Morgan fingerprint density at radius 2 is 2.04 bits per heavy atom. The molecule has 0 spiro atoms. The minimum absolute atomic E-state index is 0.0923. The van der Waals surface area contributed by atoms with Gasteiger partial charge in [-0.15, -0.1) is 0 Å². The van der Waals surface area contributed by atoms with Crippen LogP contribution < -0.4 is 5.32 Å². The highest BCUT2D eigenvalue weighted by molar-refractivity contribution is 6.08. The van der Waals surface area contributed by atoms with E-state index in [1.807, 2.05) is 6.07 Å². The van der Waals surface area contributed by atoms with Crippen LogP contribution in [0.3, 0.4) is 0 Å². The zero-order chi connectivity index (χ0) is 18.0. The molecule has 3 rings (SSSR count). The zero-order valence-corrected chi connectivity index (χ0v) is 14.8. The van der Waals surface area contributed by atoms with Gasteiger partial charge >= 0.3 is 0 Å². The van der Waals surface area contributed by atoms with Gasteiger partial charge in [-0.3, -0.25) is 14.9 Å². The van der Waals surface area contributed by atoms with Crippen molar-refractivity contribution in [1.29, 1.82) is 0 Å². The van der Waals surface area contributed by atoms with Crippen LogP contribution in [0.15, 0.2) is 36.5 Å². The molecule has 2 heterocycles. The third-order valence-electron chi connectivity index (χ3n) is 4.69. The van der Waals surface area contributed by atoms with E-state index in [0.29, 0.717) is 25.2 Å². The van der Waals surface area contributed by atoms with Crippen molar-refractivity contribution in [2.75, 3.05) is 0 Å². The van der Waals surface area contributed by atoms with Crippen LogP contribution in [0.2, 0.25) is 0 Å². The number of pyridine rings is 1. The van der Waals surface area contributed by atoms with E-state index in [9.17, 15) is 9.59 Å². The Morgan fingerprint density at radius 1 is 1.24 bits per heavy atom. The van der Waals surface area contributed by atoms with E-state index in [2.05, 4.69) is 59.9 Å². The summed E-state index contributed by atoms with van der Waals surface area (Å²) in [5.74, 6) is 0.162. The van der Waals surface area contributed by atoms with Gasteiger partial charge in [0, 0.05) is 29.4 Å². The van der Waals surface area contributed by atoms with E-state index in [1.54, 1.807) is 6.20 Å². The molecular formula is C20H23N3O2. The molecule has 0 aliphatic rings. The summed E-state index contributed by atoms with van der Waals surface area (Å²) >= 11 is 0. The molecule has 0 aliphatic carbocycles. The predicted octanol–water partition coefficient (Wildman–Crippen LogP) is 3.93. The Kier molecular flexibility index (Phi) is 4.83. The highest BCUT2D eigenvalue weighted by atomic mass is 16.2. The van der Waals surface area contributed by atoms with E-state index >= 15 is 0 Å². The first-order valence-corrected chi connectivity index (χ1v) is 8.65. The van der Waals surface area contributed by atoms with Gasteiger partial charge < -0.3 is 4.57 Å². The first kappa shape index (κ1) is 17.1. The molecule has 1 aromatic carbocycles. The predicted molar refractivity (Wildman–Crippen MR) is 99.5 cm³/mol. The summed E-state index contributed by atoms with van der Waals surface area (Å²) in [4.78, 5) is 26.6. The van der Waals surface area contributed by atoms with E-state index in [0.717, 1.165) is 16.6 Å². The Morgan fingerprint density at radius 3 is 2.76 bits per heavy atom. The van der Waals surface area contributed by atoms with Gasteiger partial charge in [-0.2, -0.15) is 0 Å². The lowest BCUT2D eigenvalue weighted by atomic mass is 9.98. The summed E-state index contributed by atoms with van der Waals surface area (Å²) in [6.45, 7) is 6.48. The number of hydrogen-bond acceptors (Lipinski definition) is 3. The molecule has 1 N–H and O–H groups in total. The molecule has 0 saturated heterocycles. The standard InChI is InChI=1S/C20H23N3O2/c1-13(2)15-6-4-8-17-19(15)16-7-5-11-21-20(16)23(17)14(3)9-10-18(25)22-12-24/h4-8,11-14H,9-10H2,1-3H3,(H,22,24,25). The fourth-order valence-electron chi connectivity index (χ4n) is 3.48. The summed E-state index contributed by atoms with van der Waals surface area (Å²) in [6.07, 6.45) is 3.18. The molecule has 5 heteroatoms. The van der Waals surface area contributed by atoms with Crippen LogP contribution in [0.4, 0.5) is 0 Å². The lowest BCUT2D eigenvalue weighted by molar-refractivity contribution is -0.125. The maximum absolute atomic E-state index is 11.6. The molecule has 3 aromatic rings. The molecule has 2 amide bonds. The Balaban J connectivity index is 2.12. The molecule has 130 valence electrons. The number of imide groups is 1. The maximum atomic E-state index is 11.6. The number of rotatable bonds is 6. The minimum Gasteiger partial charge on any atom is -0.322 e. The van der Waals surface area contributed by atoms with E-state index < -0.39 is 0 Å². The van der Waals surface area contributed by atoms with Gasteiger partial charge in [0.05, 0.1) is 5.52 Å². The van der Waals surface area contributed by atoms with Crippen molar-refractivity contribution in [2.24, 2.45) is 0 Å². The fourth-order valence-corrected chi connectivity index (χ4v) is 3.48. The number of hydrogen-bond donors (Lipinski definition) is 1. The van der Waals surface area contributed by atoms with Gasteiger partial charge in [0.1, 0.15) is 5.65 Å². The van der Waals surface area contributed by atoms with E-state index in [1.165, 1.54) is 10.9 Å². The van der Waals surface area contributed by atoms with Crippen molar-refractivity contribution in [3.8, 4) is 0 Å². The number of carbonyl (C=O) groups is 2. The number of carbonyl (C=O) groups excluding carboxylic acids is 2. The van der Waals surface area contributed by atoms with Crippen molar-refractivity contribution in [2.45, 2.75) is 45.6 Å². The first-order chi connectivity index (χ1) is 12.0. The average Bonchev–Trinajstić information content (AvgIpc) is 2.94. The van der Waals surface area contributed by atoms with Gasteiger partial charge in [0.2, 0.25) is 12.3 Å². The van der Waals surface area contributed by atoms with Crippen molar-refractivity contribution in [3.05, 3.63) is 42.1 Å². The summed E-state index contributed by atoms with van der Waals surface area (Å²) < 4.78 is 2.21. The normalized spacial score (nSPS) is 12.6. The van der Waals surface area contributed by atoms with Gasteiger partial charge in [-0.1, -0.05) is 26.0 Å². The fraction of sp³-hybridized carbons (Fsp3) is 0.350. The quantitative estimate of drug-likeness (QED) is 0.693. The number of benzene rings is 1. The number of nitrogens with one attached hydrogen (secondary N) is 1. The van der Waals surface area contributed by atoms with Crippen LogP contribution >= 0.6 is 0 Å². The lowest BCUT2D eigenvalue weighted by Gasteiger charge is -2.16. The third-order valence-corrected chi connectivity index (χ3v) is 4.69. The number of nitrogens with zero attached hydrogens (tertiary/aromatic N) is 2. The number of fused-ring (bicyclic) bond motifs is 3. The molecule has 2 aromatic heterocycles. The van der Waals surface area contributed by atoms with Crippen LogP contribution in [0.5, 0.6) is 0 Å². The van der Waals surface area contributed by atoms with Gasteiger partial charge in [0.25, 0.3) is 0 Å². The monoisotopic (exact) mass is 337 g/mol. The van der Waals surface area contributed by atoms with E-state index in [-0.39, 0.29) is 11.9 Å². The molecule has 0 radical (unpaired) electrons. The summed E-state index contributed by atoms with van der Waals surface area (Å²) in [6, 6.07) is 10.5. The SMILES string of the molecule is CC(C)c1cccc2c1c1cccnc1n2C(C)CCC(=O)NC=O. The van der Waals surface area contributed by atoms with E-state index in [4.69, 9.17) is 0 Å². The molecule has 0 saturated carbocycles. The molecule has 0 bridgehead atoms. The van der Waals surface area contributed by atoms with Crippen molar-refractivity contribution < 1.29 is 9.59 Å². The first-order valence-electron chi connectivity index (χ1n) is 8.65. The maximum Gasteiger partial charge on any atom is 0.226 e. The largest absolute Gasteiger partial charge is 0.322 e. The second kappa shape index (κ2) is 7.05. The molecule has 0 fully saturated rings. The van der Waals surface area contributed by atoms with Crippen molar-refractivity contribution >= 4 is 34.3 Å². The molecular weight excluding hydrogens is 314 g/mol. The van der Waals surface area contributed by atoms with Crippen molar-refractivity contribution in [3.63, 3.8) is 0 Å². The van der Waals surface area contributed by atoms with Crippen LogP contribution in [-0.4, -0.2) is 21.9 Å². The number of aromatic nitrogens is 2. The summed E-state index contributed by atoms with van der Waals surface area (Å²) in [5, 5.41) is 4.59. The molecule has 0 aliphatic heterocycles. The number of amides is 2. The Labute approximate surface area is 147 Å². The Bertz CT molecular complexity index is 927. The minimum atomic E-state index is -0.251. The topological polar surface area (TPSA) is 64.0 Å². The van der Waals surface area contributed by atoms with Gasteiger partial charge in [0.15, 0.2) is 0 Å². The van der Waals surface area contributed by atoms with Gasteiger partial charge in [-0.05, 0) is 43.0 Å². The zero-order valence-electron chi connectivity index (χ0n) is 14.8. The van der Waals surface area contributed by atoms with Crippen LogP contribution in [0.1, 0.15) is 51.1 Å². The van der Waals surface area contributed by atoms with Crippen molar-refractivity contribution in [1.82, 2.24) is 14.9 Å². The highest BCUT2D eigenvalue weighted by Gasteiger charge is 2.19. The van der Waals surface area contributed by atoms with Gasteiger partial charge in [-0.25, -0.2) is 4.98 Å². The second-order valence-electron chi connectivity index (χ2n) is 6.71. The summed E-state index contributed by atoms with van der Waals surface area (Å²) in [7, 11) is 0. The molecule has 25 heavy (non-hydrogen) atoms. The molecule has 1 unspecified atom stereocenters. The third kappa shape index (κ3) is 3.14. The van der Waals surface area contributed by atoms with Crippen LogP contribution in [-0.2, 0) is 9.59 Å². The molecule has 1 atom stereocenters. The van der Waals surface area contributed by atoms with Crippen LogP contribution in [0, 0.1) is 0 Å². The summed E-state index contributed by atoms with van der Waals surface area (Å²) in [5.41, 5.74) is 3.39. The molecule has 5 nitrogen and oxygen atoms in total. The average molecular weight is 337 g/mol. The Hall–Kier alpha value is -2.69. The second-order valence-corrected chi connectivity index (χ2v) is 6.71. The highest BCUT2D eigenvalue weighted by Crippen LogP contribution is 2.36. The smallest absolute Gasteiger partial charge is 0.226 e.